The molecule has 2 rings (SSSR count). The molecule has 7 heteroatoms. The topological polar surface area (TPSA) is 95.4 Å². The fraction of sp³-hybridized carbons (Fsp3) is 0.571. The van der Waals surface area contributed by atoms with Crippen LogP contribution in [-0.4, -0.2) is 45.4 Å². The number of carbonyl (C=O) groups excluding carboxylic acids is 1. The molecule has 21 heavy (non-hydrogen) atoms. The molecule has 1 aliphatic heterocycles. The molecule has 0 spiro atoms. The minimum absolute atomic E-state index is 0.0365. The van der Waals surface area contributed by atoms with E-state index in [9.17, 15) is 9.59 Å². The number of anilines is 1. The van der Waals surface area contributed by atoms with Crippen LogP contribution < -0.4 is 5.32 Å². The number of aromatic nitrogens is 2. The highest BCUT2D eigenvalue weighted by Gasteiger charge is 2.31. The van der Waals surface area contributed by atoms with Gasteiger partial charge in [-0.2, -0.15) is 0 Å². The van der Waals surface area contributed by atoms with Crippen LogP contribution in [0, 0.1) is 6.92 Å². The second kappa shape index (κ2) is 6.51. The number of amides is 1. The van der Waals surface area contributed by atoms with Crippen molar-refractivity contribution in [3.63, 3.8) is 0 Å². The third-order valence-electron chi connectivity index (χ3n) is 3.58. The highest BCUT2D eigenvalue weighted by Crippen LogP contribution is 2.32. The number of nitrogens with one attached hydrogen (secondary N) is 1. The van der Waals surface area contributed by atoms with Crippen molar-refractivity contribution in [2.45, 2.75) is 38.6 Å². The predicted octanol–water partition coefficient (Wildman–Crippen LogP) is 1.36. The first-order chi connectivity index (χ1) is 10.0. The molecule has 1 saturated heterocycles. The SMILES string of the molecule is CNc1cc(C2CCCN2C(=O)CCC(=O)O)nc(C)n1. The highest BCUT2D eigenvalue weighted by molar-refractivity contribution is 5.81. The molecule has 1 atom stereocenters. The Labute approximate surface area is 123 Å². The maximum Gasteiger partial charge on any atom is 0.303 e. The molecule has 0 aromatic carbocycles. The van der Waals surface area contributed by atoms with Crippen LogP contribution in [0.15, 0.2) is 6.07 Å². The lowest BCUT2D eigenvalue weighted by atomic mass is 10.1. The normalized spacial score (nSPS) is 17.8. The van der Waals surface area contributed by atoms with Crippen LogP contribution in [0.25, 0.3) is 0 Å². The summed E-state index contributed by atoms with van der Waals surface area (Å²) >= 11 is 0. The van der Waals surface area contributed by atoms with Crippen molar-refractivity contribution in [2.24, 2.45) is 0 Å². The van der Waals surface area contributed by atoms with E-state index in [1.807, 2.05) is 13.0 Å². The molecule has 2 heterocycles. The van der Waals surface area contributed by atoms with Gasteiger partial charge in [0.05, 0.1) is 18.2 Å². The second-order valence-electron chi connectivity index (χ2n) is 5.11. The summed E-state index contributed by atoms with van der Waals surface area (Å²) in [4.78, 5) is 33.2. The number of likely N-dealkylation sites (tertiary alicyclic amines) is 1. The molecule has 1 amide bonds. The first kappa shape index (κ1) is 15.2. The van der Waals surface area contributed by atoms with E-state index < -0.39 is 5.97 Å². The highest BCUT2D eigenvalue weighted by atomic mass is 16.4. The van der Waals surface area contributed by atoms with Gasteiger partial charge >= 0.3 is 5.97 Å². The maximum atomic E-state index is 12.2. The zero-order valence-electron chi connectivity index (χ0n) is 12.3. The monoisotopic (exact) mass is 292 g/mol. The minimum atomic E-state index is -0.950. The van der Waals surface area contributed by atoms with Crippen molar-refractivity contribution in [1.29, 1.82) is 0 Å². The van der Waals surface area contributed by atoms with Crippen LogP contribution in [-0.2, 0) is 9.59 Å². The molecule has 1 aliphatic rings. The van der Waals surface area contributed by atoms with Crippen LogP contribution in [0.4, 0.5) is 5.82 Å². The van der Waals surface area contributed by atoms with Gasteiger partial charge in [0, 0.05) is 26.1 Å². The van der Waals surface area contributed by atoms with Crippen molar-refractivity contribution in [3.8, 4) is 0 Å². The van der Waals surface area contributed by atoms with Crippen LogP contribution in [0.1, 0.15) is 43.2 Å². The zero-order valence-corrected chi connectivity index (χ0v) is 12.3. The maximum absolute atomic E-state index is 12.2. The molecule has 2 N–H and O–H groups in total. The van der Waals surface area contributed by atoms with Crippen LogP contribution in [0.3, 0.4) is 0 Å². The van der Waals surface area contributed by atoms with Crippen LogP contribution in [0.2, 0.25) is 0 Å². The summed E-state index contributed by atoms with van der Waals surface area (Å²) in [6, 6.07) is 1.76. The Morgan fingerprint density at radius 3 is 2.86 bits per heavy atom. The van der Waals surface area contributed by atoms with Gasteiger partial charge in [0.1, 0.15) is 11.6 Å². The lowest BCUT2D eigenvalue weighted by Gasteiger charge is -2.24. The number of aliphatic carboxylic acids is 1. The first-order valence-corrected chi connectivity index (χ1v) is 7.06. The summed E-state index contributed by atoms with van der Waals surface area (Å²) in [6.45, 7) is 2.47. The van der Waals surface area contributed by atoms with Gasteiger partial charge in [-0.15, -0.1) is 0 Å². The molecular weight excluding hydrogens is 272 g/mol. The van der Waals surface area contributed by atoms with E-state index in [2.05, 4.69) is 15.3 Å². The smallest absolute Gasteiger partial charge is 0.303 e. The molecule has 1 aromatic rings. The summed E-state index contributed by atoms with van der Waals surface area (Å²) < 4.78 is 0. The van der Waals surface area contributed by atoms with Crippen molar-refractivity contribution < 1.29 is 14.7 Å². The van der Waals surface area contributed by atoms with Crippen molar-refractivity contribution in [3.05, 3.63) is 17.6 Å². The number of hydrogen-bond donors (Lipinski definition) is 2. The van der Waals surface area contributed by atoms with Crippen molar-refractivity contribution >= 4 is 17.7 Å². The minimum Gasteiger partial charge on any atom is -0.481 e. The Morgan fingerprint density at radius 2 is 2.19 bits per heavy atom. The Kier molecular flexibility index (Phi) is 4.72. The quantitative estimate of drug-likeness (QED) is 0.850. The van der Waals surface area contributed by atoms with Crippen molar-refractivity contribution in [2.75, 3.05) is 18.9 Å². The molecule has 1 fully saturated rings. The Balaban J connectivity index is 2.16. The molecule has 0 saturated carbocycles. The molecule has 114 valence electrons. The van der Waals surface area contributed by atoms with Crippen molar-refractivity contribution in [1.82, 2.24) is 14.9 Å². The number of hydrogen-bond acceptors (Lipinski definition) is 5. The summed E-state index contributed by atoms with van der Waals surface area (Å²) in [5.74, 6) is 0.306. The number of aryl methyl sites for hydroxylation is 1. The summed E-state index contributed by atoms with van der Waals surface area (Å²) in [7, 11) is 1.79. The Morgan fingerprint density at radius 1 is 1.43 bits per heavy atom. The number of carbonyl (C=O) groups is 2. The van der Waals surface area contributed by atoms with Crippen LogP contribution in [0.5, 0.6) is 0 Å². The Hall–Kier alpha value is -2.18. The van der Waals surface area contributed by atoms with E-state index in [-0.39, 0.29) is 24.8 Å². The summed E-state index contributed by atoms with van der Waals surface area (Å²) in [6.07, 6.45) is 1.65. The molecule has 0 aliphatic carbocycles. The van der Waals surface area contributed by atoms with E-state index in [4.69, 9.17) is 5.11 Å². The van der Waals surface area contributed by atoms with Crippen LogP contribution >= 0.6 is 0 Å². The third kappa shape index (κ3) is 3.68. The van der Waals surface area contributed by atoms with E-state index in [1.54, 1.807) is 11.9 Å². The average molecular weight is 292 g/mol. The van der Waals surface area contributed by atoms with Gasteiger partial charge in [-0.3, -0.25) is 9.59 Å². The molecule has 7 nitrogen and oxygen atoms in total. The fourth-order valence-corrected chi connectivity index (χ4v) is 2.62. The largest absolute Gasteiger partial charge is 0.481 e. The summed E-state index contributed by atoms with van der Waals surface area (Å²) in [5, 5.41) is 11.7. The van der Waals surface area contributed by atoms with Gasteiger partial charge in [0.25, 0.3) is 0 Å². The number of carboxylic acids is 1. The zero-order chi connectivity index (χ0) is 15.4. The standard InChI is InChI=1S/C14H20N4O3/c1-9-16-10(8-12(15-2)17-9)11-4-3-7-18(11)13(19)5-6-14(20)21/h8,11H,3-7H2,1-2H3,(H,20,21)(H,15,16,17). The van der Waals surface area contributed by atoms with E-state index >= 15 is 0 Å². The molecule has 0 bridgehead atoms. The van der Waals surface area contributed by atoms with Gasteiger partial charge in [-0.25, -0.2) is 9.97 Å². The lowest BCUT2D eigenvalue weighted by molar-refractivity contribution is -0.141. The number of nitrogens with zero attached hydrogens (tertiary/aromatic N) is 3. The average Bonchev–Trinajstić information content (AvgIpc) is 2.93. The number of rotatable bonds is 5. The van der Waals surface area contributed by atoms with Gasteiger partial charge < -0.3 is 15.3 Å². The summed E-state index contributed by atoms with van der Waals surface area (Å²) in [5.41, 5.74) is 0.813. The number of carboxylic acid groups (broad SMARTS) is 1. The molecule has 1 unspecified atom stereocenters. The third-order valence-corrected chi connectivity index (χ3v) is 3.58. The lowest BCUT2D eigenvalue weighted by Crippen LogP contribution is -2.31. The first-order valence-electron chi connectivity index (χ1n) is 7.06. The molecule has 1 aromatic heterocycles. The Bertz CT molecular complexity index is 547. The van der Waals surface area contributed by atoms with E-state index in [0.717, 1.165) is 24.4 Å². The molecule has 0 radical (unpaired) electrons. The second-order valence-corrected chi connectivity index (χ2v) is 5.11. The van der Waals surface area contributed by atoms with Gasteiger partial charge in [0.15, 0.2) is 0 Å². The van der Waals surface area contributed by atoms with E-state index in [1.165, 1.54) is 0 Å². The van der Waals surface area contributed by atoms with Gasteiger partial charge in [-0.05, 0) is 19.8 Å². The predicted molar refractivity (Wildman–Crippen MR) is 76.9 cm³/mol. The van der Waals surface area contributed by atoms with E-state index in [0.29, 0.717) is 12.4 Å². The molecular formula is C14H20N4O3. The van der Waals surface area contributed by atoms with Gasteiger partial charge in [-0.1, -0.05) is 0 Å². The van der Waals surface area contributed by atoms with Gasteiger partial charge in [0.2, 0.25) is 5.91 Å². The fourth-order valence-electron chi connectivity index (χ4n) is 2.62.